The van der Waals surface area contributed by atoms with Gasteiger partial charge in [-0.15, -0.1) is 24.0 Å². The number of aromatic nitrogens is 2. The van der Waals surface area contributed by atoms with Crippen molar-refractivity contribution < 1.29 is 0 Å². The molecule has 1 aromatic carbocycles. The molecule has 0 atom stereocenters. The van der Waals surface area contributed by atoms with Crippen molar-refractivity contribution in [3.8, 4) is 5.69 Å². The van der Waals surface area contributed by atoms with Crippen LogP contribution in [0.4, 0.5) is 0 Å². The van der Waals surface area contributed by atoms with E-state index in [2.05, 4.69) is 62.9 Å². The number of hydrogen-bond acceptors (Lipinski definition) is 3. The van der Waals surface area contributed by atoms with E-state index in [0.29, 0.717) is 6.54 Å². The molecule has 2 N–H and O–H groups in total. The molecular formula is C24H39IN6. The standard InChI is InChI=1S/C24H38N6.HI/c1-20-18-21(2)30(28-20)23-13-7-6-12-22(23)19-27-24(25-3)26-14-8-4-9-15-29-16-10-5-11-17-29;/h6-7,12-13,18H,4-5,8-11,14-17,19H2,1-3H3,(H2,25,26,27);1H. The van der Waals surface area contributed by atoms with E-state index in [-0.39, 0.29) is 24.0 Å². The normalized spacial score (nSPS) is 14.9. The molecule has 2 aromatic rings. The summed E-state index contributed by atoms with van der Waals surface area (Å²) in [7, 11) is 1.83. The van der Waals surface area contributed by atoms with Gasteiger partial charge in [0, 0.05) is 25.8 Å². The van der Waals surface area contributed by atoms with Gasteiger partial charge in [0.1, 0.15) is 0 Å². The highest BCUT2D eigenvalue weighted by Gasteiger charge is 2.10. The van der Waals surface area contributed by atoms with Gasteiger partial charge in [-0.3, -0.25) is 4.99 Å². The lowest BCUT2D eigenvalue weighted by atomic mass is 10.1. The Morgan fingerprint density at radius 3 is 2.52 bits per heavy atom. The van der Waals surface area contributed by atoms with Crippen LogP contribution in [0.25, 0.3) is 5.69 Å². The second-order valence-electron chi connectivity index (χ2n) is 8.28. The number of nitrogens with zero attached hydrogens (tertiary/aromatic N) is 4. The fourth-order valence-corrected chi connectivity index (χ4v) is 4.17. The molecule has 1 aliphatic heterocycles. The summed E-state index contributed by atoms with van der Waals surface area (Å²) >= 11 is 0. The fourth-order valence-electron chi connectivity index (χ4n) is 4.17. The third-order valence-corrected chi connectivity index (χ3v) is 5.79. The van der Waals surface area contributed by atoms with Gasteiger partial charge in [-0.2, -0.15) is 5.10 Å². The van der Waals surface area contributed by atoms with Crippen LogP contribution < -0.4 is 10.6 Å². The molecule has 1 saturated heterocycles. The Hall–Kier alpha value is -1.61. The molecule has 2 heterocycles. The van der Waals surface area contributed by atoms with Crippen molar-refractivity contribution in [3.05, 3.63) is 47.3 Å². The average Bonchev–Trinajstić information content (AvgIpc) is 3.11. The van der Waals surface area contributed by atoms with Gasteiger partial charge in [0.2, 0.25) is 0 Å². The van der Waals surface area contributed by atoms with Crippen molar-refractivity contribution in [2.45, 2.75) is 58.9 Å². The summed E-state index contributed by atoms with van der Waals surface area (Å²) in [6.45, 7) is 9.65. The van der Waals surface area contributed by atoms with E-state index in [1.165, 1.54) is 63.7 Å². The molecule has 0 unspecified atom stereocenters. The molecule has 1 aromatic heterocycles. The molecule has 0 aliphatic carbocycles. The molecule has 0 saturated carbocycles. The zero-order valence-corrected chi connectivity index (χ0v) is 21.7. The monoisotopic (exact) mass is 538 g/mol. The van der Waals surface area contributed by atoms with Crippen molar-refractivity contribution in [1.82, 2.24) is 25.3 Å². The predicted octanol–water partition coefficient (Wildman–Crippen LogP) is 4.43. The molecule has 0 bridgehead atoms. The molecule has 1 fully saturated rings. The molecule has 0 spiro atoms. The highest BCUT2D eigenvalue weighted by molar-refractivity contribution is 14.0. The van der Waals surface area contributed by atoms with Crippen LogP contribution in [0.15, 0.2) is 35.3 Å². The molecular weight excluding hydrogens is 499 g/mol. The largest absolute Gasteiger partial charge is 0.356 e. The Kier molecular flexibility index (Phi) is 11.4. The highest BCUT2D eigenvalue weighted by Crippen LogP contribution is 2.17. The number of halogens is 1. The number of likely N-dealkylation sites (tertiary alicyclic amines) is 1. The Morgan fingerprint density at radius 1 is 1.03 bits per heavy atom. The summed E-state index contributed by atoms with van der Waals surface area (Å²) in [6.07, 6.45) is 7.92. The smallest absolute Gasteiger partial charge is 0.191 e. The third-order valence-electron chi connectivity index (χ3n) is 5.79. The van der Waals surface area contributed by atoms with Crippen LogP contribution in [0.3, 0.4) is 0 Å². The summed E-state index contributed by atoms with van der Waals surface area (Å²) in [6, 6.07) is 10.5. The van der Waals surface area contributed by atoms with E-state index in [0.717, 1.165) is 29.6 Å². The van der Waals surface area contributed by atoms with Crippen molar-refractivity contribution in [2.24, 2.45) is 4.99 Å². The summed E-state index contributed by atoms with van der Waals surface area (Å²) < 4.78 is 2.02. The molecule has 0 amide bonds. The molecule has 172 valence electrons. The van der Waals surface area contributed by atoms with Crippen LogP contribution in [0.5, 0.6) is 0 Å². The van der Waals surface area contributed by atoms with Crippen molar-refractivity contribution in [1.29, 1.82) is 0 Å². The topological polar surface area (TPSA) is 57.5 Å². The van der Waals surface area contributed by atoms with Gasteiger partial charge < -0.3 is 15.5 Å². The van der Waals surface area contributed by atoms with Gasteiger partial charge in [0.25, 0.3) is 0 Å². The Balaban J connectivity index is 0.00000341. The molecule has 7 heteroatoms. The Labute approximate surface area is 204 Å². The van der Waals surface area contributed by atoms with Crippen LogP contribution in [-0.2, 0) is 6.54 Å². The Bertz CT molecular complexity index is 810. The number of guanidine groups is 1. The lowest BCUT2D eigenvalue weighted by molar-refractivity contribution is 0.224. The second-order valence-corrected chi connectivity index (χ2v) is 8.28. The minimum Gasteiger partial charge on any atom is -0.356 e. The van der Waals surface area contributed by atoms with Crippen molar-refractivity contribution in [2.75, 3.05) is 33.2 Å². The maximum absolute atomic E-state index is 4.64. The maximum atomic E-state index is 4.64. The first-order valence-electron chi connectivity index (χ1n) is 11.5. The number of unbranched alkanes of at least 4 members (excludes halogenated alkanes) is 2. The van der Waals surface area contributed by atoms with Gasteiger partial charge in [-0.1, -0.05) is 31.0 Å². The zero-order valence-electron chi connectivity index (χ0n) is 19.4. The SMILES string of the molecule is CN=C(NCCCCCN1CCCCC1)NCc1ccccc1-n1nc(C)cc1C.I. The number of para-hydroxylation sites is 1. The van der Waals surface area contributed by atoms with Crippen molar-refractivity contribution >= 4 is 29.9 Å². The minimum absolute atomic E-state index is 0. The summed E-state index contributed by atoms with van der Waals surface area (Å²) in [5.41, 5.74) is 4.50. The number of benzene rings is 1. The number of hydrogen-bond donors (Lipinski definition) is 2. The van der Waals surface area contributed by atoms with Gasteiger partial charge >= 0.3 is 0 Å². The fraction of sp³-hybridized carbons (Fsp3) is 0.583. The number of piperidine rings is 1. The van der Waals surface area contributed by atoms with E-state index in [1.807, 2.05) is 18.7 Å². The van der Waals surface area contributed by atoms with E-state index in [1.54, 1.807) is 0 Å². The lowest BCUT2D eigenvalue weighted by Gasteiger charge is -2.26. The number of nitrogens with one attached hydrogen (secondary N) is 2. The quantitative estimate of drug-likeness (QED) is 0.215. The summed E-state index contributed by atoms with van der Waals surface area (Å²) in [5, 5.41) is 11.5. The van der Waals surface area contributed by atoms with E-state index in [4.69, 9.17) is 0 Å². The second kappa shape index (κ2) is 13.7. The van der Waals surface area contributed by atoms with Gasteiger partial charge in [-0.05, 0) is 76.9 Å². The van der Waals surface area contributed by atoms with E-state index in [9.17, 15) is 0 Å². The van der Waals surface area contributed by atoms with Crippen LogP contribution in [0.1, 0.15) is 55.5 Å². The first kappa shape index (κ1) is 25.6. The summed E-state index contributed by atoms with van der Waals surface area (Å²) in [5.74, 6) is 0.856. The van der Waals surface area contributed by atoms with Gasteiger partial charge in [0.15, 0.2) is 5.96 Å². The number of aryl methyl sites for hydroxylation is 2. The molecule has 3 rings (SSSR count). The minimum atomic E-state index is 0. The van der Waals surface area contributed by atoms with Gasteiger partial charge in [-0.25, -0.2) is 4.68 Å². The molecule has 31 heavy (non-hydrogen) atoms. The van der Waals surface area contributed by atoms with Crippen LogP contribution in [0, 0.1) is 13.8 Å². The first-order valence-corrected chi connectivity index (χ1v) is 11.5. The van der Waals surface area contributed by atoms with E-state index < -0.39 is 0 Å². The molecule has 0 radical (unpaired) electrons. The van der Waals surface area contributed by atoms with Crippen molar-refractivity contribution in [3.63, 3.8) is 0 Å². The predicted molar refractivity (Wildman–Crippen MR) is 141 cm³/mol. The first-order chi connectivity index (χ1) is 14.7. The lowest BCUT2D eigenvalue weighted by Crippen LogP contribution is -2.37. The molecule has 6 nitrogen and oxygen atoms in total. The maximum Gasteiger partial charge on any atom is 0.191 e. The number of aliphatic imine (C=N–C) groups is 1. The Morgan fingerprint density at radius 2 is 1.81 bits per heavy atom. The number of rotatable bonds is 9. The van der Waals surface area contributed by atoms with Crippen LogP contribution in [-0.4, -0.2) is 53.9 Å². The summed E-state index contributed by atoms with van der Waals surface area (Å²) in [4.78, 5) is 7.00. The zero-order chi connectivity index (χ0) is 21.2. The third kappa shape index (κ3) is 8.11. The van der Waals surface area contributed by atoms with E-state index >= 15 is 0 Å². The van der Waals surface area contributed by atoms with Gasteiger partial charge in [0.05, 0.1) is 11.4 Å². The highest BCUT2D eigenvalue weighted by atomic mass is 127. The molecule has 1 aliphatic rings. The van der Waals surface area contributed by atoms with Crippen LogP contribution >= 0.6 is 24.0 Å². The average molecular weight is 539 g/mol. The van der Waals surface area contributed by atoms with Crippen LogP contribution in [0.2, 0.25) is 0 Å².